The van der Waals surface area contributed by atoms with Gasteiger partial charge in [0, 0.05) is 18.0 Å². The number of aryl methyl sites for hydroxylation is 1. The molecule has 1 fully saturated rings. The molecule has 0 aliphatic carbocycles. The van der Waals surface area contributed by atoms with Crippen LogP contribution in [0.25, 0.3) is 11.0 Å². The fraction of sp³-hybridized carbons (Fsp3) is 0.458. The van der Waals surface area contributed by atoms with E-state index < -0.39 is 0 Å². The molecule has 4 rings (SSSR count). The number of carbonyl (C=O) groups excluding carboxylic acids is 1. The molecule has 2 aromatic heterocycles. The van der Waals surface area contributed by atoms with Crippen LogP contribution in [0.5, 0.6) is 0 Å². The molecule has 0 radical (unpaired) electrons. The molecular weight excluding hydrogens is 408 g/mol. The van der Waals surface area contributed by atoms with Gasteiger partial charge >= 0.3 is 5.97 Å². The lowest BCUT2D eigenvalue weighted by Crippen LogP contribution is -2.39. The average Bonchev–Trinajstić information content (AvgIpc) is 3.00. The van der Waals surface area contributed by atoms with Crippen LogP contribution in [0.15, 0.2) is 24.3 Å². The first-order valence-electron chi connectivity index (χ1n) is 10.9. The Bertz CT molecular complexity index is 1100. The number of anilines is 3. The lowest BCUT2D eigenvalue weighted by atomic mass is 9.92. The topological polar surface area (TPSA) is 67.3 Å². The van der Waals surface area contributed by atoms with Crippen molar-refractivity contribution in [1.82, 2.24) is 9.97 Å². The predicted octanol–water partition coefficient (Wildman–Crippen LogP) is 5.71. The Balaban J connectivity index is 1.80. The monoisotopic (exact) mass is 438 g/mol. The van der Waals surface area contributed by atoms with Gasteiger partial charge in [-0.05, 0) is 56.7 Å². The Hall–Kier alpha value is -2.67. The van der Waals surface area contributed by atoms with Crippen LogP contribution in [0.1, 0.15) is 48.0 Å². The van der Waals surface area contributed by atoms with Crippen LogP contribution in [-0.2, 0) is 4.74 Å². The molecule has 1 N–H and O–H groups in total. The van der Waals surface area contributed by atoms with E-state index in [1.807, 2.05) is 45.0 Å². The number of ether oxygens (including phenoxy) is 1. The van der Waals surface area contributed by atoms with Crippen molar-refractivity contribution in [3.05, 3.63) is 40.3 Å². The molecule has 0 saturated carbocycles. The summed E-state index contributed by atoms with van der Waals surface area (Å²) >= 11 is 1.55. The SMILES string of the molecule is CCOC(=O)c1c(Nc2nc3ccccc3nc2N2C[C@@H](C)C[C@H](C)C2)sc(C)c1C. The number of aromatic nitrogens is 2. The van der Waals surface area contributed by atoms with Gasteiger partial charge in [0.25, 0.3) is 0 Å². The fourth-order valence-corrected chi connectivity index (χ4v) is 5.45. The summed E-state index contributed by atoms with van der Waals surface area (Å²) in [6, 6.07) is 7.92. The van der Waals surface area contributed by atoms with Crippen LogP contribution >= 0.6 is 11.3 Å². The van der Waals surface area contributed by atoms with Gasteiger partial charge in [-0.15, -0.1) is 11.3 Å². The maximum atomic E-state index is 12.7. The maximum absolute atomic E-state index is 12.7. The van der Waals surface area contributed by atoms with E-state index in [4.69, 9.17) is 14.7 Å². The van der Waals surface area contributed by atoms with E-state index in [0.29, 0.717) is 29.8 Å². The number of piperidine rings is 1. The van der Waals surface area contributed by atoms with Gasteiger partial charge in [0.05, 0.1) is 23.2 Å². The first kappa shape index (κ1) is 21.6. The molecule has 1 aliphatic rings. The van der Waals surface area contributed by atoms with Crippen molar-refractivity contribution in [1.29, 1.82) is 0 Å². The standard InChI is InChI=1S/C24H30N4O2S/c1-6-30-24(29)20-16(4)17(5)31-23(20)27-21-22(28-12-14(2)11-15(3)13-28)26-19-10-8-7-9-18(19)25-21/h7-10,14-15H,6,11-13H2,1-5H3,(H,25,27)/t14-,15-/m0/s1. The highest BCUT2D eigenvalue weighted by molar-refractivity contribution is 7.16. The van der Waals surface area contributed by atoms with E-state index in [-0.39, 0.29) is 5.97 Å². The molecule has 1 aliphatic heterocycles. The zero-order chi connectivity index (χ0) is 22.1. The third-order valence-electron chi connectivity index (χ3n) is 5.82. The third-order valence-corrected chi connectivity index (χ3v) is 6.94. The molecular formula is C24H30N4O2S. The van der Waals surface area contributed by atoms with Crippen LogP contribution in [-0.4, -0.2) is 35.6 Å². The van der Waals surface area contributed by atoms with Crippen LogP contribution in [0.3, 0.4) is 0 Å². The fourth-order valence-electron chi connectivity index (χ4n) is 4.40. The molecule has 1 saturated heterocycles. The molecule has 2 atom stereocenters. The van der Waals surface area contributed by atoms with Crippen LogP contribution < -0.4 is 10.2 Å². The highest BCUT2D eigenvalue weighted by Gasteiger charge is 2.27. The van der Waals surface area contributed by atoms with Gasteiger partial charge in [0.2, 0.25) is 0 Å². The molecule has 1 aromatic carbocycles. The first-order valence-corrected chi connectivity index (χ1v) is 11.7. The van der Waals surface area contributed by atoms with Crippen LogP contribution in [0, 0.1) is 25.7 Å². The summed E-state index contributed by atoms with van der Waals surface area (Å²) in [6.45, 7) is 12.6. The number of nitrogens with zero attached hydrogens (tertiary/aromatic N) is 3. The molecule has 164 valence electrons. The molecule has 0 amide bonds. The number of carbonyl (C=O) groups is 1. The Kier molecular flexibility index (Phi) is 6.14. The Labute approximate surface area is 187 Å². The minimum atomic E-state index is -0.303. The molecule has 6 nitrogen and oxygen atoms in total. The van der Waals surface area contributed by atoms with Gasteiger partial charge in [0.1, 0.15) is 5.00 Å². The second-order valence-corrected chi connectivity index (χ2v) is 9.79. The molecule has 3 aromatic rings. The number of para-hydroxylation sites is 2. The minimum absolute atomic E-state index is 0.303. The lowest BCUT2D eigenvalue weighted by molar-refractivity contribution is 0.0527. The summed E-state index contributed by atoms with van der Waals surface area (Å²) in [5.41, 5.74) is 3.24. The van der Waals surface area contributed by atoms with E-state index in [1.165, 1.54) is 6.42 Å². The smallest absolute Gasteiger partial charge is 0.341 e. The number of benzene rings is 1. The van der Waals surface area contributed by atoms with Crippen molar-refractivity contribution in [3.8, 4) is 0 Å². The normalized spacial score (nSPS) is 18.9. The number of hydrogen-bond acceptors (Lipinski definition) is 7. The predicted molar refractivity (Wildman–Crippen MR) is 128 cm³/mol. The number of nitrogens with one attached hydrogen (secondary N) is 1. The van der Waals surface area contributed by atoms with Crippen molar-refractivity contribution in [2.45, 2.75) is 41.0 Å². The van der Waals surface area contributed by atoms with Crippen molar-refractivity contribution in [3.63, 3.8) is 0 Å². The summed E-state index contributed by atoms with van der Waals surface area (Å²) < 4.78 is 5.33. The van der Waals surface area contributed by atoms with Gasteiger partial charge in [0.15, 0.2) is 11.6 Å². The number of esters is 1. The summed E-state index contributed by atoms with van der Waals surface area (Å²) in [7, 11) is 0. The largest absolute Gasteiger partial charge is 0.462 e. The third kappa shape index (κ3) is 4.37. The van der Waals surface area contributed by atoms with Gasteiger partial charge in [-0.25, -0.2) is 14.8 Å². The zero-order valence-corrected chi connectivity index (χ0v) is 19.7. The quantitative estimate of drug-likeness (QED) is 0.515. The van der Waals surface area contributed by atoms with Gasteiger partial charge in [-0.1, -0.05) is 26.0 Å². The Morgan fingerprint density at radius 3 is 2.45 bits per heavy atom. The molecule has 7 heteroatoms. The summed E-state index contributed by atoms with van der Waals surface area (Å²) in [5, 5.41) is 4.23. The van der Waals surface area contributed by atoms with Crippen molar-refractivity contribution in [2.24, 2.45) is 11.8 Å². The van der Waals surface area contributed by atoms with Gasteiger partial charge in [-0.3, -0.25) is 0 Å². The molecule has 3 heterocycles. The van der Waals surface area contributed by atoms with Gasteiger partial charge in [-0.2, -0.15) is 0 Å². The molecule has 31 heavy (non-hydrogen) atoms. The molecule has 0 bridgehead atoms. The number of hydrogen-bond donors (Lipinski definition) is 1. The summed E-state index contributed by atoms with van der Waals surface area (Å²) in [5.74, 6) is 2.40. The summed E-state index contributed by atoms with van der Waals surface area (Å²) in [6.07, 6.45) is 1.22. The molecule has 0 spiro atoms. The van der Waals surface area contributed by atoms with E-state index >= 15 is 0 Å². The highest BCUT2D eigenvalue weighted by Crippen LogP contribution is 2.38. The second kappa shape index (κ2) is 8.83. The van der Waals surface area contributed by atoms with E-state index in [0.717, 1.165) is 45.4 Å². The number of fused-ring (bicyclic) bond motifs is 1. The first-order chi connectivity index (χ1) is 14.9. The van der Waals surface area contributed by atoms with E-state index in [2.05, 4.69) is 24.1 Å². The minimum Gasteiger partial charge on any atom is -0.462 e. The van der Waals surface area contributed by atoms with E-state index in [9.17, 15) is 4.79 Å². The lowest BCUT2D eigenvalue weighted by Gasteiger charge is -2.36. The van der Waals surface area contributed by atoms with Crippen molar-refractivity contribution < 1.29 is 9.53 Å². The van der Waals surface area contributed by atoms with Crippen LogP contribution in [0.2, 0.25) is 0 Å². The maximum Gasteiger partial charge on any atom is 0.341 e. The molecule has 0 unspecified atom stereocenters. The van der Waals surface area contributed by atoms with Crippen LogP contribution in [0.4, 0.5) is 16.6 Å². The van der Waals surface area contributed by atoms with Crippen molar-refractivity contribution >= 4 is 45.0 Å². The summed E-state index contributed by atoms with van der Waals surface area (Å²) in [4.78, 5) is 26.0. The number of thiophene rings is 1. The second-order valence-electron chi connectivity index (χ2n) is 8.57. The van der Waals surface area contributed by atoms with E-state index in [1.54, 1.807) is 11.3 Å². The van der Waals surface area contributed by atoms with Crippen molar-refractivity contribution in [2.75, 3.05) is 29.9 Å². The average molecular weight is 439 g/mol. The Morgan fingerprint density at radius 2 is 1.81 bits per heavy atom. The highest BCUT2D eigenvalue weighted by atomic mass is 32.1. The Morgan fingerprint density at radius 1 is 1.16 bits per heavy atom. The number of rotatable bonds is 5. The zero-order valence-electron chi connectivity index (χ0n) is 18.9. The van der Waals surface area contributed by atoms with Gasteiger partial charge < -0.3 is 15.0 Å².